The molecule has 1 heterocycles. The third-order valence-electron chi connectivity index (χ3n) is 8.22. The molecule has 0 aliphatic rings. The number of amides is 1. The highest BCUT2D eigenvalue weighted by molar-refractivity contribution is 7.89. The standard InChI is InChI=1S/C38H34ClFN4O5S/c1-48-32-15-9-26(10-16-32)23-43(24-27-11-17-33(49-2)18-12-27)50(46,47)37-21-31(42-38(45)19-29-5-3-4-6-35(29)39)20-36-34(37)22-41-44(36)25-28-7-13-30(40)14-8-28/h3-18,20-22H,19,23-25H2,1-2H3,(H,42,45). The Bertz CT molecular complexity index is 2180. The Morgan fingerprint density at radius 2 is 1.42 bits per heavy atom. The predicted molar refractivity (Wildman–Crippen MR) is 191 cm³/mol. The summed E-state index contributed by atoms with van der Waals surface area (Å²) in [6.45, 7) is 0.334. The van der Waals surface area contributed by atoms with Crippen molar-refractivity contribution in [2.75, 3.05) is 19.5 Å². The van der Waals surface area contributed by atoms with Crippen LogP contribution in [0.1, 0.15) is 22.3 Å². The first-order valence-corrected chi connectivity index (χ1v) is 17.5. The van der Waals surface area contributed by atoms with Gasteiger partial charge in [0.15, 0.2) is 0 Å². The van der Waals surface area contributed by atoms with E-state index >= 15 is 0 Å². The number of aromatic nitrogens is 2. The lowest BCUT2D eigenvalue weighted by atomic mass is 10.1. The molecule has 6 rings (SSSR count). The number of fused-ring (bicyclic) bond motifs is 1. The van der Waals surface area contributed by atoms with Crippen molar-refractivity contribution in [2.45, 2.75) is 31.0 Å². The number of halogens is 2. The quantitative estimate of drug-likeness (QED) is 0.133. The second-order valence-electron chi connectivity index (χ2n) is 11.6. The number of nitrogens with one attached hydrogen (secondary N) is 1. The number of hydrogen-bond donors (Lipinski definition) is 1. The van der Waals surface area contributed by atoms with E-state index in [4.69, 9.17) is 21.1 Å². The number of benzene rings is 5. The number of nitrogens with zero attached hydrogens (tertiary/aromatic N) is 3. The molecule has 0 radical (unpaired) electrons. The van der Waals surface area contributed by atoms with Crippen LogP contribution in [0.2, 0.25) is 5.02 Å². The molecular weight excluding hydrogens is 679 g/mol. The lowest BCUT2D eigenvalue weighted by Gasteiger charge is -2.24. The summed E-state index contributed by atoms with van der Waals surface area (Å²) in [4.78, 5) is 13.3. The summed E-state index contributed by atoms with van der Waals surface area (Å²) in [6, 6.07) is 30.5. The van der Waals surface area contributed by atoms with Crippen LogP contribution in [0.5, 0.6) is 11.5 Å². The van der Waals surface area contributed by atoms with Gasteiger partial charge in [-0.15, -0.1) is 0 Å². The van der Waals surface area contributed by atoms with Crippen LogP contribution in [0.3, 0.4) is 0 Å². The number of methoxy groups -OCH3 is 2. The van der Waals surface area contributed by atoms with Gasteiger partial charge in [0.1, 0.15) is 17.3 Å². The van der Waals surface area contributed by atoms with Gasteiger partial charge in [0.25, 0.3) is 0 Å². The Balaban J connectivity index is 1.43. The first-order valence-electron chi connectivity index (χ1n) is 15.7. The monoisotopic (exact) mass is 712 g/mol. The Kier molecular flexibility index (Phi) is 10.5. The van der Waals surface area contributed by atoms with Crippen molar-refractivity contribution in [1.29, 1.82) is 0 Å². The molecule has 0 unspecified atom stereocenters. The van der Waals surface area contributed by atoms with E-state index in [1.165, 1.54) is 28.7 Å². The van der Waals surface area contributed by atoms with Gasteiger partial charge in [-0.2, -0.15) is 9.40 Å². The highest BCUT2D eigenvalue weighted by Crippen LogP contribution is 2.32. The minimum atomic E-state index is -4.25. The maximum absolute atomic E-state index is 14.8. The molecule has 0 saturated heterocycles. The topological polar surface area (TPSA) is 103 Å². The molecule has 0 atom stereocenters. The summed E-state index contributed by atoms with van der Waals surface area (Å²) in [5.41, 5.74) is 3.62. The normalized spacial score (nSPS) is 11.5. The Morgan fingerprint density at radius 1 is 0.840 bits per heavy atom. The van der Waals surface area contributed by atoms with E-state index in [1.54, 1.807) is 85.6 Å². The van der Waals surface area contributed by atoms with Crippen molar-refractivity contribution in [3.05, 3.63) is 148 Å². The summed E-state index contributed by atoms with van der Waals surface area (Å²) >= 11 is 6.32. The molecule has 0 spiro atoms. The zero-order chi connectivity index (χ0) is 35.3. The second kappa shape index (κ2) is 15.1. The summed E-state index contributed by atoms with van der Waals surface area (Å²) in [6.07, 6.45) is 1.48. The maximum atomic E-state index is 14.8. The van der Waals surface area contributed by atoms with Gasteiger partial charge in [-0.3, -0.25) is 9.48 Å². The molecule has 1 amide bonds. The fraction of sp³-hybridized carbons (Fsp3) is 0.158. The van der Waals surface area contributed by atoms with Gasteiger partial charge >= 0.3 is 0 Å². The van der Waals surface area contributed by atoms with Crippen LogP contribution in [0.25, 0.3) is 10.9 Å². The van der Waals surface area contributed by atoms with Crippen molar-refractivity contribution < 1.29 is 27.1 Å². The number of carbonyl (C=O) groups excluding carboxylic acids is 1. The van der Waals surface area contributed by atoms with Crippen LogP contribution in [0, 0.1) is 5.82 Å². The number of anilines is 1. The molecule has 0 saturated carbocycles. The van der Waals surface area contributed by atoms with Crippen molar-refractivity contribution in [3.63, 3.8) is 0 Å². The Morgan fingerprint density at radius 3 is 2.00 bits per heavy atom. The fourth-order valence-electron chi connectivity index (χ4n) is 5.57. The van der Waals surface area contributed by atoms with Crippen LogP contribution in [-0.4, -0.2) is 42.6 Å². The van der Waals surface area contributed by atoms with E-state index in [1.807, 2.05) is 24.3 Å². The molecule has 0 aliphatic carbocycles. The van der Waals surface area contributed by atoms with Crippen LogP contribution < -0.4 is 14.8 Å². The number of ether oxygens (including phenoxy) is 2. The molecule has 50 heavy (non-hydrogen) atoms. The maximum Gasteiger partial charge on any atom is 0.244 e. The summed E-state index contributed by atoms with van der Waals surface area (Å²) in [5, 5.41) is 8.23. The van der Waals surface area contributed by atoms with E-state index in [2.05, 4.69) is 10.4 Å². The molecule has 0 aliphatic heterocycles. The molecule has 0 bridgehead atoms. The molecule has 256 valence electrons. The molecule has 1 N–H and O–H groups in total. The van der Waals surface area contributed by atoms with Crippen LogP contribution in [0.15, 0.2) is 120 Å². The summed E-state index contributed by atoms with van der Waals surface area (Å²) in [7, 11) is -1.12. The predicted octanol–water partition coefficient (Wildman–Crippen LogP) is 7.47. The van der Waals surface area contributed by atoms with Crippen molar-refractivity contribution in [3.8, 4) is 11.5 Å². The molecule has 6 aromatic rings. The lowest BCUT2D eigenvalue weighted by molar-refractivity contribution is -0.115. The van der Waals surface area contributed by atoms with Gasteiger partial charge in [0.05, 0.1) is 43.8 Å². The zero-order valence-electron chi connectivity index (χ0n) is 27.3. The van der Waals surface area contributed by atoms with Crippen LogP contribution in [-0.2, 0) is 40.9 Å². The number of carbonyl (C=O) groups is 1. The minimum Gasteiger partial charge on any atom is -0.497 e. The summed E-state index contributed by atoms with van der Waals surface area (Å²) in [5.74, 6) is 0.547. The van der Waals surface area contributed by atoms with E-state index in [-0.39, 0.29) is 48.4 Å². The zero-order valence-corrected chi connectivity index (χ0v) is 28.9. The van der Waals surface area contributed by atoms with Gasteiger partial charge in [0.2, 0.25) is 15.9 Å². The molecule has 5 aromatic carbocycles. The third kappa shape index (κ3) is 7.97. The smallest absolute Gasteiger partial charge is 0.244 e. The third-order valence-corrected chi connectivity index (χ3v) is 10.4. The van der Waals surface area contributed by atoms with Gasteiger partial charge in [-0.25, -0.2) is 12.8 Å². The average Bonchev–Trinajstić information content (AvgIpc) is 3.52. The van der Waals surface area contributed by atoms with Crippen molar-refractivity contribution in [1.82, 2.24) is 14.1 Å². The number of rotatable bonds is 13. The summed E-state index contributed by atoms with van der Waals surface area (Å²) < 4.78 is 57.0. The lowest BCUT2D eigenvalue weighted by Crippen LogP contribution is -2.30. The first-order chi connectivity index (χ1) is 24.1. The minimum absolute atomic E-state index is 0.0182. The van der Waals surface area contributed by atoms with Gasteiger partial charge in [0, 0.05) is 29.2 Å². The Hall–Kier alpha value is -5.23. The molecular formula is C38H34ClFN4O5S. The number of hydrogen-bond acceptors (Lipinski definition) is 6. The average molecular weight is 713 g/mol. The fourth-order valence-corrected chi connectivity index (χ4v) is 7.40. The van der Waals surface area contributed by atoms with Crippen LogP contribution >= 0.6 is 11.6 Å². The van der Waals surface area contributed by atoms with E-state index < -0.39 is 10.0 Å². The van der Waals surface area contributed by atoms with E-state index in [9.17, 15) is 17.6 Å². The number of sulfonamides is 1. The van der Waals surface area contributed by atoms with Gasteiger partial charge in [-0.1, -0.05) is 66.2 Å². The molecule has 9 nitrogen and oxygen atoms in total. The second-order valence-corrected chi connectivity index (χ2v) is 13.9. The van der Waals surface area contributed by atoms with Crippen molar-refractivity contribution >= 4 is 44.1 Å². The highest BCUT2D eigenvalue weighted by atomic mass is 35.5. The molecule has 0 fully saturated rings. The molecule has 12 heteroatoms. The Labute approximate surface area is 294 Å². The van der Waals surface area contributed by atoms with E-state index in [0.29, 0.717) is 33.0 Å². The SMILES string of the molecule is COc1ccc(CN(Cc2ccc(OC)cc2)S(=O)(=O)c2cc(NC(=O)Cc3ccccc3Cl)cc3c2cnn3Cc2ccc(F)cc2)cc1. The first kappa shape index (κ1) is 34.6. The van der Waals surface area contributed by atoms with Crippen molar-refractivity contribution in [2.24, 2.45) is 0 Å². The van der Waals surface area contributed by atoms with Gasteiger partial charge in [-0.05, 0) is 76.9 Å². The van der Waals surface area contributed by atoms with Gasteiger partial charge < -0.3 is 14.8 Å². The van der Waals surface area contributed by atoms with E-state index in [0.717, 1.165) is 16.7 Å². The molecule has 1 aromatic heterocycles. The largest absolute Gasteiger partial charge is 0.497 e. The highest BCUT2D eigenvalue weighted by Gasteiger charge is 2.29. The van der Waals surface area contributed by atoms with Crippen LogP contribution in [0.4, 0.5) is 10.1 Å².